The maximum Gasteiger partial charge on any atom is 0.148 e. The Morgan fingerprint density at radius 3 is 2.95 bits per heavy atom. The number of nitrogens with two attached hydrogens (primary N) is 1. The average Bonchev–Trinajstić information content (AvgIpc) is 2.94. The zero-order valence-electron chi connectivity index (χ0n) is 11.6. The number of rotatable bonds is 3. The maximum atomic E-state index is 5.90. The summed E-state index contributed by atoms with van der Waals surface area (Å²) in [6.45, 7) is 2.08. The summed E-state index contributed by atoms with van der Waals surface area (Å²) in [5.74, 6) is 1.80. The van der Waals surface area contributed by atoms with Crippen molar-refractivity contribution in [3.63, 3.8) is 0 Å². The van der Waals surface area contributed by atoms with Gasteiger partial charge in [-0.25, -0.2) is 9.97 Å². The number of hydrogen-bond donors (Lipinski definition) is 1. The van der Waals surface area contributed by atoms with Crippen LogP contribution in [0.1, 0.15) is 42.4 Å². The molecule has 0 radical (unpaired) electrons. The van der Waals surface area contributed by atoms with Crippen LogP contribution in [0.4, 0.5) is 0 Å². The number of imidazole rings is 1. The highest BCUT2D eigenvalue weighted by Crippen LogP contribution is 2.24. The minimum absolute atomic E-state index is 0.400. The van der Waals surface area contributed by atoms with Gasteiger partial charge in [0, 0.05) is 24.5 Å². The summed E-state index contributed by atoms with van der Waals surface area (Å²) in [6, 6.07) is 2.12. The van der Waals surface area contributed by atoms with Crippen molar-refractivity contribution < 1.29 is 0 Å². The first-order chi connectivity index (χ1) is 9.70. The summed E-state index contributed by atoms with van der Waals surface area (Å²) in [7, 11) is 0. The zero-order chi connectivity index (χ0) is 14.1. The molecule has 5 heteroatoms. The first-order valence-corrected chi connectivity index (χ1v) is 7.46. The van der Waals surface area contributed by atoms with Crippen LogP contribution in [0.2, 0.25) is 0 Å². The van der Waals surface area contributed by atoms with Crippen LogP contribution in [0.5, 0.6) is 0 Å². The Labute approximate surface area is 124 Å². The quantitative estimate of drug-likeness (QED) is 0.880. The van der Waals surface area contributed by atoms with Gasteiger partial charge >= 0.3 is 0 Å². The van der Waals surface area contributed by atoms with E-state index in [1.807, 2.05) is 10.8 Å². The Bertz CT molecular complexity index is 660. The highest BCUT2D eigenvalue weighted by atomic mass is 32.1. The molecule has 0 spiro atoms. The normalized spacial score (nSPS) is 14.1. The molecule has 0 bridgehead atoms. The van der Waals surface area contributed by atoms with E-state index in [0.29, 0.717) is 4.99 Å². The number of thiocarbonyl (C=S) groups is 1. The van der Waals surface area contributed by atoms with Gasteiger partial charge in [0.15, 0.2) is 0 Å². The molecule has 20 heavy (non-hydrogen) atoms. The van der Waals surface area contributed by atoms with Gasteiger partial charge in [0.1, 0.15) is 16.6 Å². The Balaban J connectivity index is 2.20. The summed E-state index contributed by atoms with van der Waals surface area (Å²) < 4.78 is 2.00. The molecule has 3 rings (SSSR count). The monoisotopic (exact) mass is 286 g/mol. The third kappa shape index (κ3) is 2.22. The molecule has 1 aliphatic rings. The molecule has 2 N–H and O–H groups in total. The van der Waals surface area contributed by atoms with E-state index in [9.17, 15) is 0 Å². The SMILES string of the molecule is CCc1nccn1-c1nc2c(cc1C(N)=S)CCCC2. The van der Waals surface area contributed by atoms with E-state index < -0.39 is 0 Å². The van der Waals surface area contributed by atoms with E-state index in [1.165, 1.54) is 24.1 Å². The molecule has 0 saturated carbocycles. The van der Waals surface area contributed by atoms with E-state index in [1.54, 1.807) is 6.20 Å². The molecule has 0 aliphatic heterocycles. The zero-order valence-corrected chi connectivity index (χ0v) is 12.4. The highest BCUT2D eigenvalue weighted by Gasteiger charge is 2.18. The van der Waals surface area contributed by atoms with Crippen LogP contribution in [0.3, 0.4) is 0 Å². The van der Waals surface area contributed by atoms with Crippen molar-refractivity contribution in [3.8, 4) is 5.82 Å². The average molecular weight is 286 g/mol. The molecule has 0 amide bonds. The van der Waals surface area contributed by atoms with Crippen molar-refractivity contribution in [2.75, 3.05) is 0 Å². The summed E-state index contributed by atoms with van der Waals surface area (Å²) in [6.07, 6.45) is 9.11. The summed E-state index contributed by atoms with van der Waals surface area (Å²) in [5.41, 5.74) is 9.23. The van der Waals surface area contributed by atoms with Crippen LogP contribution in [-0.4, -0.2) is 19.5 Å². The molecule has 2 heterocycles. The van der Waals surface area contributed by atoms with Crippen LogP contribution in [0, 0.1) is 0 Å². The molecule has 1 aliphatic carbocycles. The molecule has 4 nitrogen and oxygen atoms in total. The van der Waals surface area contributed by atoms with E-state index in [4.69, 9.17) is 22.9 Å². The molecule has 2 aromatic heterocycles. The molecule has 0 atom stereocenters. The fraction of sp³-hybridized carbons (Fsp3) is 0.400. The van der Waals surface area contributed by atoms with Gasteiger partial charge in [-0.2, -0.15) is 0 Å². The molecule has 0 saturated heterocycles. The van der Waals surface area contributed by atoms with Crippen LogP contribution < -0.4 is 5.73 Å². The van der Waals surface area contributed by atoms with Crippen molar-refractivity contribution in [1.29, 1.82) is 0 Å². The fourth-order valence-corrected chi connectivity index (χ4v) is 2.93. The number of pyridine rings is 1. The lowest BCUT2D eigenvalue weighted by Gasteiger charge is -2.19. The van der Waals surface area contributed by atoms with E-state index in [2.05, 4.69) is 18.0 Å². The van der Waals surface area contributed by atoms with Gasteiger partial charge in [-0.1, -0.05) is 19.1 Å². The van der Waals surface area contributed by atoms with Crippen molar-refractivity contribution >= 4 is 17.2 Å². The summed E-state index contributed by atoms with van der Waals surface area (Å²) >= 11 is 5.21. The number of aromatic nitrogens is 3. The molecule has 0 fully saturated rings. The standard InChI is InChI=1S/C15H18N4S/c1-2-13-17-7-8-19(13)15-11(14(16)20)9-10-5-3-4-6-12(10)18-15/h7-9H,2-6H2,1H3,(H2,16,20). The van der Waals surface area contributed by atoms with Gasteiger partial charge in [0.05, 0.1) is 5.56 Å². The Morgan fingerprint density at radius 2 is 2.20 bits per heavy atom. The second-order valence-corrected chi connectivity index (χ2v) is 5.54. The van der Waals surface area contributed by atoms with Crippen LogP contribution in [-0.2, 0) is 19.3 Å². The highest BCUT2D eigenvalue weighted by molar-refractivity contribution is 7.80. The molecular formula is C15H18N4S. The third-order valence-corrected chi connectivity index (χ3v) is 4.03. The van der Waals surface area contributed by atoms with E-state index in [-0.39, 0.29) is 0 Å². The second kappa shape index (κ2) is 5.32. The predicted octanol–water partition coefficient (Wildman–Crippen LogP) is 2.34. The molecular weight excluding hydrogens is 268 g/mol. The van der Waals surface area contributed by atoms with Crippen LogP contribution in [0.25, 0.3) is 5.82 Å². The van der Waals surface area contributed by atoms with Crippen molar-refractivity contribution in [2.45, 2.75) is 39.0 Å². The molecule has 2 aromatic rings. The number of fused-ring (bicyclic) bond motifs is 1. The van der Waals surface area contributed by atoms with Crippen LogP contribution >= 0.6 is 12.2 Å². The Kier molecular flexibility index (Phi) is 3.53. The topological polar surface area (TPSA) is 56.7 Å². The molecule has 0 unspecified atom stereocenters. The third-order valence-electron chi connectivity index (χ3n) is 3.81. The van der Waals surface area contributed by atoms with Gasteiger partial charge in [-0.3, -0.25) is 4.57 Å². The number of aryl methyl sites for hydroxylation is 3. The van der Waals surface area contributed by atoms with Gasteiger partial charge in [0.2, 0.25) is 0 Å². The van der Waals surface area contributed by atoms with Crippen molar-refractivity contribution in [3.05, 3.63) is 41.1 Å². The lowest BCUT2D eigenvalue weighted by molar-refractivity contribution is 0.663. The summed E-state index contributed by atoms with van der Waals surface area (Å²) in [4.78, 5) is 9.60. The predicted molar refractivity (Wildman–Crippen MR) is 83.3 cm³/mol. The minimum Gasteiger partial charge on any atom is -0.389 e. The lowest BCUT2D eigenvalue weighted by Crippen LogP contribution is -2.19. The molecule has 104 valence electrons. The number of hydrogen-bond acceptors (Lipinski definition) is 3. The van der Waals surface area contributed by atoms with Gasteiger partial charge < -0.3 is 5.73 Å². The van der Waals surface area contributed by atoms with Gasteiger partial charge in [0.25, 0.3) is 0 Å². The number of nitrogens with zero attached hydrogens (tertiary/aromatic N) is 3. The maximum absolute atomic E-state index is 5.90. The summed E-state index contributed by atoms with van der Waals surface area (Å²) in [5, 5.41) is 0. The minimum atomic E-state index is 0.400. The molecule has 0 aromatic carbocycles. The first-order valence-electron chi connectivity index (χ1n) is 7.06. The van der Waals surface area contributed by atoms with E-state index >= 15 is 0 Å². The fourth-order valence-electron chi connectivity index (χ4n) is 2.78. The Hall–Kier alpha value is -1.75. The van der Waals surface area contributed by atoms with Gasteiger partial charge in [-0.15, -0.1) is 0 Å². The Morgan fingerprint density at radius 1 is 1.40 bits per heavy atom. The second-order valence-electron chi connectivity index (χ2n) is 5.10. The first kappa shape index (κ1) is 13.2. The lowest BCUT2D eigenvalue weighted by atomic mass is 9.94. The largest absolute Gasteiger partial charge is 0.389 e. The smallest absolute Gasteiger partial charge is 0.148 e. The van der Waals surface area contributed by atoms with Crippen molar-refractivity contribution in [2.24, 2.45) is 5.73 Å². The van der Waals surface area contributed by atoms with Crippen LogP contribution in [0.15, 0.2) is 18.5 Å². The van der Waals surface area contributed by atoms with E-state index in [0.717, 1.165) is 36.5 Å². The van der Waals surface area contributed by atoms with Crippen molar-refractivity contribution in [1.82, 2.24) is 14.5 Å². The van der Waals surface area contributed by atoms with Gasteiger partial charge in [-0.05, 0) is 37.3 Å².